The molecule has 3 aromatic rings. The highest BCUT2D eigenvalue weighted by atomic mass is 19.3. The van der Waals surface area contributed by atoms with Crippen molar-refractivity contribution < 1.29 is 18.4 Å². The Kier molecular flexibility index (Phi) is 7.96. The van der Waals surface area contributed by atoms with E-state index >= 15 is 0 Å². The molecule has 0 unspecified atom stereocenters. The minimum absolute atomic E-state index is 0.0714. The number of aliphatic imine (C=N–C) groups is 1. The summed E-state index contributed by atoms with van der Waals surface area (Å²) in [4.78, 5) is 39.9. The molecule has 1 saturated carbocycles. The van der Waals surface area contributed by atoms with Gasteiger partial charge >= 0.3 is 6.03 Å². The highest BCUT2D eigenvalue weighted by Crippen LogP contribution is 2.41. The van der Waals surface area contributed by atoms with E-state index in [1.165, 1.54) is 4.90 Å². The van der Waals surface area contributed by atoms with Crippen LogP contribution in [0.1, 0.15) is 37.4 Å². The Morgan fingerprint density at radius 1 is 1.05 bits per heavy atom. The minimum atomic E-state index is -2.57. The lowest BCUT2D eigenvalue weighted by atomic mass is 9.76. The minimum Gasteiger partial charge on any atom is -0.366 e. The maximum absolute atomic E-state index is 13.7. The molecule has 0 saturated heterocycles. The van der Waals surface area contributed by atoms with Gasteiger partial charge in [-0.15, -0.1) is 0 Å². The first-order valence-corrected chi connectivity index (χ1v) is 13.6. The van der Waals surface area contributed by atoms with Gasteiger partial charge in [0.05, 0.1) is 23.8 Å². The van der Waals surface area contributed by atoms with Crippen LogP contribution >= 0.6 is 0 Å². The average molecular weight is 562 g/mol. The van der Waals surface area contributed by atoms with Crippen molar-refractivity contribution in [2.45, 2.75) is 38.5 Å². The monoisotopic (exact) mass is 561 g/mol. The summed E-state index contributed by atoms with van der Waals surface area (Å²) in [5.74, 6) is -2.85. The Morgan fingerprint density at radius 3 is 2.61 bits per heavy atom. The first-order chi connectivity index (χ1) is 19.6. The molecule has 3 heterocycles. The summed E-state index contributed by atoms with van der Waals surface area (Å²) in [6.07, 6.45) is 5.80. The molecule has 0 radical (unpaired) electrons. The van der Waals surface area contributed by atoms with E-state index in [1.54, 1.807) is 38.8 Å². The van der Waals surface area contributed by atoms with Crippen molar-refractivity contribution in [1.82, 2.24) is 14.9 Å². The summed E-state index contributed by atoms with van der Waals surface area (Å²) in [5, 5.41) is 8.86. The van der Waals surface area contributed by atoms with E-state index < -0.39 is 5.92 Å². The van der Waals surface area contributed by atoms with Crippen LogP contribution in [-0.2, 0) is 11.2 Å². The van der Waals surface area contributed by atoms with Gasteiger partial charge in [0.25, 0.3) is 5.91 Å². The first kappa shape index (κ1) is 28.1. The highest BCUT2D eigenvalue weighted by molar-refractivity contribution is 6.50. The van der Waals surface area contributed by atoms with E-state index in [-0.39, 0.29) is 49.0 Å². The highest BCUT2D eigenvalue weighted by Gasteiger charge is 2.39. The van der Waals surface area contributed by atoms with Gasteiger partial charge in [-0.25, -0.2) is 13.6 Å². The third-order valence-corrected chi connectivity index (χ3v) is 7.59. The van der Waals surface area contributed by atoms with Crippen LogP contribution in [0.2, 0.25) is 0 Å². The number of urea groups is 1. The molecule has 1 aromatic carbocycles. The number of benzene rings is 1. The van der Waals surface area contributed by atoms with Gasteiger partial charge in [-0.3, -0.25) is 19.8 Å². The summed E-state index contributed by atoms with van der Waals surface area (Å²) in [7, 11) is 3.31. The number of amides is 3. The molecule has 0 bridgehead atoms. The van der Waals surface area contributed by atoms with Gasteiger partial charge in [-0.2, -0.15) is 0 Å². The predicted molar refractivity (Wildman–Crippen MR) is 155 cm³/mol. The van der Waals surface area contributed by atoms with Crippen LogP contribution < -0.4 is 16.0 Å². The second-order valence-corrected chi connectivity index (χ2v) is 10.9. The average Bonchev–Trinajstić information content (AvgIpc) is 2.94. The lowest BCUT2D eigenvalue weighted by Gasteiger charge is -2.33. The Morgan fingerprint density at radius 2 is 1.88 bits per heavy atom. The molecule has 11 heteroatoms. The van der Waals surface area contributed by atoms with Crippen LogP contribution in [-0.4, -0.2) is 59.2 Å². The Labute approximate surface area is 237 Å². The number of hydrogen-bond acceptors (Lipinski definition) is 6. The number of carbonyl (C=O) groups excluding carboxylic acids is 2. The Bertz CT molecular complexity index is 1470. The molecular weight excluding hydrogens is 528 g/mol. The molecule has 2 atom stereocenters. The Balaban J connectivity index is 1.28. The summed E-state index contributed by atoms with van der Waals surface area (Å²) < 4.78 is 27.4. The molecule has 1 aliphatic carbocycles. The van der Waals surface area contributed by atoms with Gasteiger partial charge < -0.3 is 20.9 Å². The van der Waals surface area contributed by atoms with Crippen molar-refractivity contribution >= 4 is 34.7 Å². The molecule has 2 aromatic heterocycles. The quantitative estimate of drug-likeness (QED) is 0.360. The van der Waals surface area contributed by atoms with E-state index in [0.717, 1.165) is 22.5 Å². The van der Waals surface area contributed by atoms with Crippen LogP contribution in [0.15, 0.2) is 60.0 Å². The molecular formula is C30H33F2N7O2. The fourth-order valence-corrected chi connectivity index (χ4v) is 5.26. The molecule has 9 nitrogen and oxygen atoms in total. The zero-order valence-electron chi connectivity index (χ0n) is 23.2. The van der Waals surface area contributed by atoms with Crippen molar-refractivity contribution in [3.05, 3.63) is 66.2 Å². The summed E-state index contributed by atoms with van der Waals surface area (Å²) >= 11 is 0. The number of halogens is 2. The molecule has 0 spiro atoms. The normalized spacial score (nSPS) is 19.3. The lowest BCUT2D eigenvalue weighted by molar-refractivity contribution is -0.110. The fourth-order valence-electron chi connectivity index (χ4n) is 5.26. The van der Waals surface area contributed by atoms with Gasteiger partial charge in [0.1, 0.15) is 12.4 Å². The van der Waals surface area contributed by atoms with E-state index in [1.807, 2.05) is 37.3 Å². The van der Waals surface area contributed by atoms with E-state index in [2.05, 4.69) is 30.9 Å². The van der Waals surface area contributed by atoms with Crippen molar-refractivity contribution in [1.29, 1.82) is 0 Å². The number of nitrogens with one attached hydrogen (secondary N) is 3. The zero-order chi connectivity index (χ0) is 29.1. The molecule has 1 fully saturated rings. The van der Waals surface area contributed by atoms with Crippen molar-refractivity contribution in [3.8, 4) is 11.1 Å². The number of pyridine rings is 2. The molecule has 3 amide bonds. The standard InChI is InChI=1S/C30H33F2N7O2/c1-18-13-30(31,32)9-8-19(18)10-22-5-6-23(16-34-22)37-28(40)27-25-12-20(4-7-26(25)35-17-36-27)21-11-24(15-33-14-21)38-29(41)39(2)3/h4-7,11-12,14-16,18-19,35H,8-10,13,17H2,1-3H3,(H,37,40)(H,38,41)/t18-,19-/m1/s1. The van der Waals surface area contributed by atoms with Crippen molar-refractivity contribution in [2.75, 3.05) is 36.7 Å². The maximum atomic E-state index is 13.7. The Hall–Kier alpha value is -4.41. The largest absolute Gasteiger partial charge is 0.366 e. The topological polar surface area (TPSA) is 112 Å². The summed E-state index contributed by atoms with van der Waals surface area (Å²) in [5.41, 5.74) is 5.17. The van der Waals surface area contributed by atoms with E-state index in [4.69, 9.17) is 0 Å². The van der Waals surface area contributed by atoms with Gasteiger partial charge in [0.15, 0.2) is 0 Å². The summed E-state index contributed by atoms with van der Waals surface area (Å²) in [6, 6.07) is 10.8. The number of nitrogens with zero attached hydrogens (tertiary/aromatic N) is 4. The third-order valence-electron chi connectivity index (χ3n) is 7.59. The van der Waals surface area contributed by atoms with Crippen LogP contribution in [0.4, 0.5) is 30.6 Å². The van der Waals surface area contributed by atoms with Gasteiger partial charge in [0.2, 0.25) is 5.92 Å². The molecule has 5 rings (SSSR count). The number of hydrogen-bond donors (Lipinski definition) is 3. The predicted octanol–water partition coefficient (Wildman–Crippen LogP) is 5.66. The lowest BCUT2D eigenvalue weighted by Crippen LogP contribution is -2.32. The number of alkyl halides is 2. The second-order valence-electron chi connectivity index (χ2n) is 10.9. The first-order valence-electron chi connectivity index (χ1n) is 13.6. The summed E-state index contributed by atoms with van der Waals surface area (Å²) in [6.45, 7) is 2.14. The number of anilines is 3. The van der Waals surface area contributed by atoms with Gasteiger partial charge in [-0.05, 0) is 60.6 Å². The van der Waals surface area contributed by atoms with E-state index in [0.29, 0.717) is 29.8 Å². The number of aromatic nitrogens is 2. The van der Waals surface area contributed by atoms with Gasteiger partial charge in [-0.1, -0.05) is 13.0 Å². The number of carbonyl (C=O) groups is 2. The van der Waals surface area contributed by atoms with Crippen LogP contribution in [0.5, 0.6) is 0 Å². The van der Waals surface area contributed by atoms with Crippen LogP contribution in [0.25, 0.3) is 11.1 Å². The smallest absolute Gasteiger partial charge is 0.321 e. The van der Waals surface area contributed by atoms with Crippen LogP contribution in [0, 0.1) is 11.8 Å². The third kappa shape index (κ3) is 6.67. The second kappa shape index (κ2) is 11.6. The van der Waals surface area contributed by atoms with Crippen LogP contribution in [0.3, 0.4) is 0 Å². The molecule has 3 N–H and O–H groups in total. The molecule has 2 aliphatic rings. The number of rotatable bonds is 6. The fraction of sp³-hybridized carbons (Fsp3) is 0.367. The van der Waals surface area contributed by atoms with Crippen molar-refractivity contribution in [3.63, 3.8) is 0 Å². The van der Waals surface area contributed by atoms with Crippen molar-refractivity contribution in [2.24, 2.45) is 16.8 Å². The molecule has 1 aliphatic heterocycles. The molecule has 214 valence electrons. The van der Waals surface area contributed by atoms with E-state index in [9.17, 15) is 18.4 Å². The zero-order valence-corrected chi connectivity index (χ0v) is 23.2. The SMILES string of the molecule is C[C@@H]1CC(F)(F)CC[C@@H]1Cc1ccc(NC(=O)C2=NCNc3ccc(-c4cncc(NC(=O)N(C)C)c4)cc32)cn1. The van der Waals surface area contributed by atoms with Gasteiger partial charge in [0, 0.05) is 55.6 Å². The maximum Gasteiger partial charge on any atom is 0.321 e. The molecule has 41 heavy (non-hydrogen) atoms. The number of fused-ring (bicyclic) bond motifs is 1.